The average molecular weight is 573 g/mol. The molecule has 1 fully saturated rings. The zero-order chi connectivity index (χ0) is 28.0. The van der Waals surface area contributed by atoms with E-state index >= 15 is 0 Å². The van der Waals surface area contributed by atoms with Crippen molar-refractivity contribution in [1.82, 2.24) is 9.21 Å². The summed E-state index contributed by atoms with van der Waals surface area (Å²) in [5.41, 5.74) is 1.53. The van der Waals surface area contributed by atoms with Crippen LogP contribution in [0, 0.1) is 5.82 Å². The molecule has 1 heterocycles. The van der Waals surface area contributed by atoms with E-state index in [4.69, 9.17) is 11.6 Å². The maximum Gasteiger partial charge on any atom is 0.256 e. The van der Waals surface area contributed by atoms with Crippen molar-refractivity contribution in [2.24, 2.45) is 0 Å². The Kier molecular flexibility index (Phi) is 9.21. The number of nitrogens with zero attached hydrogens (tertiary/aromatic N) is 3. The molecule has 1 aliphatic heterocycles. The zero-order valence-electron chi connectivity index (χ0n) is 21.5. The topological polar surface area (TPSA) is 90.0 Å². The third kappa shape index (κ3) is 6.95. The summed E-state index contributed by atoms with van der Waals surface area (Å²) in [6.45, 7) is 3.81. The van der Waals surface area contributed by atoms with Crippen molar-refractivity contribution in [1.29, 1.82) is 0 Å². The van der Waals surface area contributed by atoms with Crippen LogP contribution in [-0.2, 0) is 14.8 Å². The maximum atomic E-state index is 14.0. The lowest BCUT2D eigenvalue weighted by Gasteiger charge is -2.36. The van der Waals surface area contributed by atoms with Gasteiger partial charge in [0.05, 0.1) is 17.0 Å². The number of piperazine rings is 1. The van der Waals surface area contributed by atoms with Gasteiger partial charge < -0.3 is 15.1 Å². The summed E-state index contributed by atoms with van der Waals surface area (Å²) in [5, 5.41) is 3.19. The molecular weight excluding hydrogens is 543 g/mol. The minimum Gasteiger partial charge on any atom is -0.368 e. The van der Waals surface area contributed by atoms with Crippen LogP contribution in [-0.4, -0.2) is 68.7 Å². The van der Waals surface area contributed by atoms with Crippen molar-refractivity contribution in [2.75, 3.05) is 49.5 Å². The Morgan fingerprint density at radius 2 is 1.59 bits per heavy atom. The minimum absolute atomic E-state index is 0.0736. The van der Waals surface area contributed by atoms with Gasteiger partial charge in [0.2, 0.25) is 15.9 Å². The molecule has 8 nitrogen and oxygen atoms in total. The first kappa shape index (κ1) is 28.5. The van der Waals surface area contributed by atoms with Crippen LogP contribution < -0.4 is 10.2 Å². The summed E-state index contributed by atoms with van der Waals surface area (Å²) in [6.07, 6.45) is 0.550. The van der Waals surface area contributed by atoms with E-state index in [-0.39, 0.29) is 29.5 Å². The molecule has 0 unspecified atom stereocenters. The highest BCUT2D eigenvalue weighted by molar-refractivity contribution is 7.89. The number of carbonyl (C=O) groups is 2. The average Bonchev–Trinajstić information content (AvgIpc) is 2.93. The fourth-order valence-electron chi connectivity index (χ4n) is 4.38. The summed E-state index contributed by atoms with van der Waals surface area (Å²) in [5.74, 6) is -1.29. The van der Waals surface area contributed by atoms with Crippen molar-refractivity contribution < 1.29 is 22.4 Å². The van der Waals surface area contributed by atoms with Crippen LogP contribution in [0.1, 0.15) is 23.7 Å². The van der Waals surface area contributed by atoms with Crippen molar-refractivity contribution in [3.63, 3.8) is 0 Å². The second kappa shape index (κ2) is 12.6. The van der Waals surface area contributed by atoms with Gasteiger partial charge in [-0.25, -0.2) is 12.8 Å². The number of benzene rings is 3. The molecule has 3 aromatic carbocycles. The predicted molar refractivity (Wildman–Crippen MR) is 150 cm³/mol. The zero-order valence-corrected chi connectivity index (χ0v) is 23.1. The van der Waals surface area contributed by atoms with Crippen molar-refractivity contribution in [3.05, 3.63) is 89.2 Å². The molecule has 1 N–H and O–H groups in total. The molecule has 0 aliphatic carbocycles. The van der Waals surface area contributed by atoms with Gasteiger partial charge in [0.1, 0.15) is 5.82 Å². The highest BCUT2D eigenvalue weighted by Crippen LogP contribution is 2.22. The van der Waals surface area contributed by atoms with E-state index in [1.807, 2.05) is 19.1 Å². The lowest BCUT2D eigenvalue weighted by molar-refractivity contribution is -0.116. The van der Waals surface area contributed by atoms with Gasteiger partial charge in [-0.1, -0.05) is 30.7 Å². The van der Waals surface area contributed by atoms with Crippen molar-refractivity contribution >= 4 is 44.8 Å². The highest BCUT2D eigenvalue weighted by Gasteiger charge is 2.27. The number of sulfonamides is 1. The first-order chi connectivity index (χ1) is 18.7. The smallest absolute Gasteiger partial charge is 0.256 e. The number of hydrogen-bond acceptors (Lipinski definition) is 5. The lowest BCUT2D eigenvalue weighted by Crippen LogP contribution is -2.49. The second-order valence-corrected chi connectivity index (χ2v) is 11.5. The molecule has 1 saturated heterocycles. The van der Waals surface area contributed by atoms with Gasteiger partial charge in [-0.05, 0) is 67.1 Å². The second-order valence-electron chi connectivity index (χ2n) is 9.15. The van der Waals surface area contributed by atoms with E-state index in [1.165, 1.54) is 36.4 Å². The van der Waals surface area contributed by atoms with E-state index < -0.39 is 21.7 Å². The molecule has 3 aromatic rings. The SMILES string of the molecule is CCCN(CC(=O)Nc1ccc(N2CCN(C(=O)c3ccccc3F)CC2)cc1)S(=O)(=O)c1ccc(Cl)cc1. The molecule has 206 valence electrons. The molecule has 0 radical (unpaired) electrons. The van der Waals surface area contributed by atoms with Crippen LogP contribution in [0.3, 0.4) is 0 Å². The standard InChI is InChI=1S/C28H30ClFN4O4S/c1-2-15-34(39(37,38)24-13-7-21(29)8-14-24)20-27(35)31-22-9-11-23(12-10-22)32-16-18-33(19-17-32)28(36)25-5-3-4-6-26(25)30/h3-14H,2,15-20H2,1H3,(H,31,35). The van der Waals surface area contributed by atoms with Crippen LogP contribution in [0.25, 0.3) is 0 Å². The van der Waals surface area contributed by atoms with Crippen LogP contribution in [0.15, 0.2) is 77.7 Å². The number of anilines is 2. The molecule has 0 spiro atoms. The largest absolute Gasteiger partial charge is 0.368 e. The van der Waals surface area contributed by atoms with Crippen molar-refractivity contribution in [2.45, 2.75) is 18.2 Å². The first-order valence-corrected chi connectivity index (χ1v) is 14.4. The number of halogens is 2. The van der Waals surface area contributed by atoms with Crippen LogP contribution in [0.2, 0.25) is 5.02 Å². The molecule has 0 aromatic heterocycles. The van der Waals surface area contributed by atoms with E-state index in [0.717, 1.165) is 9.99 Å². The normalized spacial score (nSPS) is 13.9. The molecule has 2 amide bonds. The Balaban J connectivity index is 1.33. The molecule has 1 aliphatic rings. The van der Waals surface area contributed by atoms with Gasteiger partial charge >= 0.3 is 0 Å². The molecule has 0 bridgehead atoms. The third-order valence-corrected chi connectivity index (χ3v) is 8.54. The third-order valence-electron chi connectivity index (χ3n) is 6.43. The molecule has 4 rings (SSSR count). The van der Waals surface area contributed by atoms with E-state index in [2.05, 4.69) is 10.2 Å². The van der Waals surface area contributed by atoms with Gasteiger partial charge in [0, 0.05) is 49.1 Å². The molecule has 0 atom stereocenters. The first-order valence-electron chi connectivity index (χ1n) is 12.6. The fraction of sp³-hybridized carbons (Fsp3) is 0.286. The summed E-state index contributed by atoms with van der Waals surface area (Å²) in [6, 6.07) is 19.0. The summed E-state index contributed by atoms with van der Waals surface area (Å²) in [7, 11) is -3.86. The molecule has 39 heavy (non-hydrogen) atoms. The van der Waals surface area contributed by atoms with Crippen LogP contribution in [0.4, 0.5) is 15.8 Å². The number of hydrogen-bond donors (Lipinski definition) is 1. The van der Waals surface area contributed by atoms with Gasteiger partial charge in [0.15, 0.2) is 0 Å². The minimum atomic E-state index is -3.86. The maximum absolute atomic E-state index is 14.0. The van der Waals surface area contributed by atoms with E-state index in [9.17, 15) is 22.4 Å². The lowest BCUT2D eigenvalue weighted by atomic mass is 10.1. The monoisotopic (exact) mass is 572 g/mol. The quantitative estimate of drug-likeness (QED) is 0.408. The van der Waals surface area contributed by atoms with Gasteiger partial charge in [-0.2, -0.15) is 4.31 Å². The number of nitrogens with one attached hydrogen (secondary N) is 1. The Bertz CT molecular complexity index is 1410. The summed E-state index contributed by atoms with van der Waals surface area (Å²) >= 11 is 5.88. The molecular formula is C28H30ClFN4O4S. The van der Waals surface area contributed by atoms with Crippen LogP contribution >= 0.6 is 11.6 Å². The Labute approximate surface area is 233 Å². The Morgan fingerprint density at radius 1 is 0.949 bits per heavy atom. The fourth-order valence-corrected chi connectivity index (χ4v) is 5.99. The van der Waals surface area contributed by atoms with Crippen LogP contribution in [0.5, 0.6) is 0 Å². The van der Waals surface area contributed by atoms with E-state index in [1.54, 1.807) is 29.2 Å². The van der Waals surface area contributed by atoms with Gasteiger partial charge in [-0.3, -0.25) is 9.59 Å². The Hall–Kier alpha value is -3.47. The highest BCUT2D eigenvalue weighted by atomic mass is 35.5. The number of amides is 2. The summed E-state index contributed by atoms with van der Waals surface area (Å²) in [4.78, 5) is 29.2. The van der Waals surface area contributed by atoms with Gasteiger partial charge in [0.25, 0.3) is 5.91 Å². The molecule has 0 saturated carbocycles. The number of rotatable bonds is 9. The Morgan fingerprint density at radius 3 is 2.21 bits per heavy atom. The van der Waals surface area contributed by atoms with Crippen molar-refractivity contribution in [3.8, 4) is 0 Å². The number of carbonyl (C=O) groups excluding carboxylic acids is 2. The van der Waals surface area contributed by atoms with E-state index in [0.29, 0.717) is 43.3 Å². The molecule has 11 heteroatoms. The van der Waals surface area contributed by atoms with Gasteiger partial charge in [-0.15, -0.1) is 0 Å². The summed E-state index contributed by atoms with van der Waals surface area (Å²) < 4.78 is 41.3. The predicted octanol–water partition coefficient (Wildman–Crippen LogP) is 4.48.